The van der Waals surface area contributed by atoms with Crippen LogP contribution in [0.5, 0.6) is 17.2 Å². The first kappa shape index (κ1) is 23.1. The molecule has 1 aliphatic rings. The van der Waals surface area contributed by atoms with E-state index >= 15 is 0 Å². The summed E-state index contributed by atoms with van der Waals surface area (Å²) in [5.41, 5.74) is 1.04. The van der Waals surface area contributed by atoms with Crippen LogP contribution in [0.2, 0.25) is 0 Å². The highest BCUT2D eigenvalue weighted by Crippen LogP contribution is 2.39. The molecular formula is C24H26N4O6. The largest absolute Gasteiger partial charge is 0.493 e. The summed E-state index contributed by atoms with van der Waals surface area (Å²) in [6.45, 7) is 0.630. The van der Waals surface area contributed by atoms with Gasteiger partial charge < -0.3 is 24.8 Å². The summed E-state index contributed by atoms with van der Waals surface area (Å²) >= 11 is 0. The third-order valence-electron chi connectivity index (χ3n) is 5.70. The van der Waals surface area contributed by atoms with Gasteiger partial charge in [-0.2, -0.15) is 0 Å². The van der Waals surface area contributed by atoms with E-state index in [1.54, 1.807) is 22.8 Å². The van der Waals surface area contributed by atoms with Crippen molar-refractivity contribution in [2.24, 2.45) is 0 Å². The van der Waals surface area contributed by atoms with Crippen molar-refractivity contribution in [1.82, 2.24) is 9.55 Å². The Morgan fingerprint density at radius 1 is 0.882 bits per heavy atom. The average molecular weight is 466 g/mol. The lowest BCUT2D eigenvalue weighted by molar-refractivity contribution is -0.132. The number of nitrogens with one attached hydrogen (secondary N) is 2. The highest BCUT2D eigenvalue weighted by atomic mass is 16.5. The molecule has 1 aliphatic heterocycles. The lowest BCUT2D eigenvalue weighted by atomic mass is 10.2. The molecular weight excluding hydrogens is 440 g/mol. The van der Waals surface area contributed by atoms with E-state index in [-0.39, 0.29) is 5.56 Å². The number of hydrogen-bond donors (Lipinski definition) is 2. The van der Waals surface area contributed by atoms with Crippen molar-refractivity contribution in [3.05, 3.63) is 46.5 Å². The van der Waals surface area contributed by atoms with Gasteiger partial charge in [-0.1, -0.05) is 6.42 Å². The van der Waals surface area contributed by atoms with Crippen LogP contribution in [0.1, 0.15) is 25.1 Å². The van der Waals surface area contributed by atoms with Crippen LogP contribution < -0.4 is 30.4 Å². The van der Waals surface area contributed by atoms with E-state index in [9.17, 15) is 14.4 Å². The van der Waals surface area contributed by atoms with E-state index in [4.69, 9.17) is 14.2 Å². The number of carbonyl (C=O) groups excluding carboxylic acids is 2. The third-order valence-corrected chi connectivity index (χ3v) is 5.70. The van der Waals surface area contributed by atoms with Crippen LogP contribution in [-0.2, 0) is 22.6 Å². The van der Waals surface area contributed by atoms with Crippen molar-refractivity contribution in [2.45, 2.75) is 32.2 Å². The van der Waals surface area contributed by atoms with Crippen molar-refractivity contribution >= 4 is 34.1 Å². The minimum absolute atomic E-state index is 0.139. The molecule has 0 atom stereocenters. The van der Waals surface area contributed by atoms with Crippen molar-refractivity contribution in [3.8, 4) is 17.2 Å². The number of hydrogen-bond acceptors (Lipinski definition) is 7. The minimum atomic E-state index is -0.897. The number of fused-ring (bicyclic) bond motifs is 2. The summed E-state index contributed by atoms with van der Waals surface area (Å²) in [5, 5.41) is 5.45. The Morgan fingerprint density at radius 3 is 2.21 bits per heavy atom. The Bertz CT molecular complexity index is 1290. The Hall–Kier alpha value is -4.08. The maximum atomic E-state index is 13.0. The number of anilines is 2. The van der Waals surface area contributed by atoms with Gasteiger partial charge in [0.25, 0.3) is 5.56 Å². The highest BCUT2D eigenvalue weighted by molar-refractivity contribution is 6.43. The molecule has 0 bridgehead atoms. The zero-order valence-corrected chi connectivity index (χ0v) is 19.3. The molecule has 0 unspecified atom stereocenters. The topological polar surface area (TPSA) is 121 Å². The molecule has 0 aliphatic carbocycles. The van der Waals surface area contributed by atoms with E-state index in [0.717, 1.165) is 31.5 Å². The van der Waals surface area contributed by atoms with Gasteiger partial charge >= 0.3 is 11.8 Å². The Labute approximate surface area is 195 Å². The van der Waals surface area contributed by atoms with E-state index in [0.29, 0.717) is 46.1 Å². The first-order valence-corrected chi connectivity index (χ1v) is 10.9. The fraction of sp³-hybridized carbons (Fsp3) is 0.333. The van der Waals surface area contributed by atoms with Crippen LogP contribution in [0.25, 0.3) is 10.9 Å². The second-order valence-corrected chi connectivity index (χ2v) is 7.85. The standard InChI is InChI=1S/C24H26N4O6/c1-32-18-12-15(13-19(33-2)21(18)34-3)26-23(30)22(29)25-14-8-9-17-16(11-14)24(31)28-10-6-4-5-7-20(28)27-17/h8-9,11-13H,4-7,10H2,1-3H3,(H,25,29)(H,26,30). The molecule has 3 aromatic rings. The molecule has 0 radical (unpaired) electrons. The van der Waals surface area contributed by atoms with Crippen LogP contribution in [0, 0.1) is 0 Å². The predicted octanol–water partition coefficient (Wildman–Crippen LogP) is 2.73. The Morgan fingerprint density at radius 2 is 1.56 bits per heavy atom. The van der Waals surface area contributed by atoms with Gasteiger partial charge in [-0.05, 0) is 31.0 Å². The fourth-order valence-corrected chi connectivity index (χ4v) is 4.02. The van der Waals surface area contributed by atoms with Gasteiger partial charge in [-0.15, -0.1) is 0 Å². The van der Waals surface area contributed by atoms with Gasteiger partial charge in [0, 0.05) is 36.5 Å². The molecule has 2 N–H and O–H groups in total. The van der Waals surface area contributed by atoms with E-state index in [2.05, 4.69) is 15.6 Å². The van der Waals surface area contributed by atoms with Gasteiger partial charge in [-0.3, -0.25) is 19.0 Å². The number of aromatic nitrogens is 2. The first-order valence-electron chi connectivity index (χ1n) is 10.9. The summed E-state index contributed by atoms with van der Waals surface area (Å²) in [6, 6.07) is 7.87. The SMILES string of the molecule is COc1cc(NC(=O)C(=O)Nc2ccc3nc4n(c(=O)c3c2)CCCCC4)cc(OC)c1OC. The average Bonchev–Trinajstić information content (AvgIpc) is 3.09. The van der Waals surface area contributed by atoms with Gasteiger partial charge in [0.05, 0.1) is 32.2 Å². The van der Waals surface area contributed by atoms with Crippen molar-refractivity contribution in [3.63, 3.8) is 0 Å². The van der Waals surface area contributed by atoms with Crippen molar-refractivity contribution in [1.29, 1.82) is 0 Å². The molecule has 4 rings (SSSR count). The molecule has 10 nitrogen and oxygen atoms in total. The van der Waals surface area contributed by atoms with Crippen molar-refractivity contribution in [2.75, 3.05) is 32.0 Å². The summed E-state index contributed by atoms with van der Waals surface area (Å²) in [7, 11) is 4.37. The van der Waals surface area contributed by atoms with Gasteiger partial charge in [0.1, 0.15) is 5.82 Å². The van der Waals surface area contributed by atoms with Crippen molar-refractivity contribution < 1.29 is 23.8 Å². The number of amides is 2. The molecule has 0 saturated carbocycles. The number of aryl methyl sites for hydroxylation is 1. The summed E-state index contributed by atoms with van der Waals surface area (Å²) in [5.74, 6) is 0.0263. The monoisotopic (exact) mass is 466 g/mol. The number of ether oxygens (including phenoxy) is 3. The minimum Gasteiger partial charge on any atom is -0.493 e. The molecule has 2 aromatic carbocycles. The summed E-state index contributed by atoms with van der Waals surface area (Å²) < 4.78 is 17.5. The second kappa shape index (κ2) is 9.82. The number of rotatable bonds is 5. The normalized spacial score (nSPS) is 12.9. The quantitative estimate of drug-likeness (QED) is 0.555. The van der Waals surface area contributed by atoms with E-state index in [1.807, 2.05) is 0 Å². The zero-order valence-electron chi connectivity index (χ0n) is 19.3. The van der Waals surface area contributed by atoms with E-state index in [1.165, 1.54) is 33.5 Å². The smallest absolute Gasteiger partial charge is 0.314 e. The van der Waals surface area contributed by atoms with Crippen LogP contribution >= 0.6 is 0 Å². The fourth-order valence-electron chi connectivity index (χ4n) is 4.02. The molecule has 34 heavy (non-hydrogen) atoms. The van der Waals surface area contributed by atoms with Gasteiger partial charge in [0.15, 0.2) is 11.5 Å². The van der Waals surface area contributed by atoms with Gasteiger partial charge in [-0.25, -0.2) is 4.98 Å². The second-order valence-electron chi connectivity index (χ2n) is 7.85. The van der Waals surface area contributed by atoms with Crippen LogP contribution in [-0.4, -0.2) is 42.7 Å². The number of carbonyl (C=O) groups is 2. The molecule has 2 amide bonds. The molecule has 0 saturated heterocycles. The van der Waals surface area contributed by atoms with Crippen LogP contribution in [0.3, 0.4) is 0 Å². The molecule has 0 spiro atoms. The summed E-state index contributed by atoms with van der Waals surface area (Å²) in [4.78, 5) is 42.7. The highest BCUT2D eigenvalue weighted by Gasteiger charge is 2.19. The first-order chi connectivity index (χ1) is 16.4. The van der Waals surface area contributed by atoms with Crippen LogP contribution in [0.15, 0.2) is 35.1 Å². The number of nitrogens with zero attached hydrogens (tertiary/aromatic N) is 2. The lowest BCUT2D eigenvalue weighted by Crippen LogP contribution is -2.29. The maximum Gasteiger partial charge on any atom is 0.314 e. The Kier molecular flexibility index (Phi) is 6.67. The third kappa shape index (κ3) is 4.52. The zero-order chi connectivity index (χ0) is 24.2. The maximum absolute atomic E-state index is 13.0. The molecule has 1 aromatic heterocycles. The van der Waals surface area contributed by atoms with Crippen LogP contribution in [0.4, 0.5) is 11.4 Å². The number of methoxy groups -OCH3 is 3. The lowest BCUT2D eigenvalue weighted by Gasteiger charge is -2.14. The molecule has 0 fully saturated rings. The molecule has 10 heteroatoms. The molecule has 2 heterocycles. The number of benzene rings is 2. The van der Waals surface area contributed by atoms with Gasteiger partial charge in [0.2, 0.25) is 5.75 Å². The predicted molar refractivity (Wildman–Crippen MR) is 127 cm³/mol. The summed E-state index contributed by atoms with van der Waals surface area (Å²) in [6.07, 6.45) is 3.76. The Balaban J connectivity index is 1.54. The molecule has 178 valence electrons. The van der Waals surface area contributed by atoms with E-state index < -0.39 is 11.8 Å².